The Bertz CT molecular complexity index is 844. The first-order valence-electron chi connectivity index (χ1n) is 11.4. The van der Waals surface area contributed by atoms with Gasteiger partial charge in [-0.15, -0.1) is 0 Å². The van der Waals surface area contributed by atoms with Gasteiger partial charge in [0.05, 0.1) is 15.6 Å². The molecular formula is C24H33Cl2N3O3. The molecule has 8 heteroatoms. The number of β-amino-alcohol motifs (C(OH)–C–C–N with tert-alkyl or cyclic N) is 1. The molecule has 2 fully saturated rings. The quantitative estimate of drug-likeness (QED) is 0.476. The van der Waals surface area contributed by atoms with Crippen LogP contribution in [0.3, 0.4) is 0 Å². The van der Waals surface area contributed by atoms with Crippen molar-refractivity contribution in [3.63, 3.8) is 0 Å². The van der Waals surface area contributed by atoms with Gasteiger partial charge in [-0.25, -0.2) is 0 Å². The van der Waals surface area contributed by atoms with Gasteiger partial charge in [0.2, 0.25) is 11.8 Å². The summed E-state index contributed by atoms with van der Waals surface area (Å²) < 4.78 is 0. The predicted octanol–water partition coefficient (Wildman–Crippen LogP) is 3.69. The summed E-state index contributed by atoms with van der Waals surface area (Å²) >= 11 is 11.9. The lowest BCUT2D eigenvalue weighted by atomic mass is 9.95. The highest BCUT2D eigenvalue weighted by Crippen LogP contribution is 2.23. The number of unbranched alkanes of at least 4 members (excludes halogenated alkanes) is 1. The van der Waals surface area contributed by atoms with Gasteiger partial charge in [0.1, 0.15) is 0 Å². The Morgan fingerprint density at radius 3 is 2.66 bits per heavy atom. The zero-order valence-electron chi connectivity index (χ0n) is 18.7. The highest BCUT2D eigenvalue weighted by Gasteiger charge is 2.28. The second-order valence-corrected chi connectivity index (χ2v) is 9.86. The maximum absolute atomic E-state index is 12.6. The van der Waals surface area contributed by atoms with Crippen molar-refractivity contribution >= 4 is 41.1 Å². The molecule has 1 N–H and O–H groups in total. The number of carbonyl (C=O) groups is 2. The molecule has 2 heterocycles. The number of rotatable bonds is 7. The fourth-order valence-corrected chi connectivity index (χ4v) is 4.67. The van der Waals surface area contributed by atoms with Gasteiger partial charge in [-0.05, 0) is 69.5 Å². The van der Waals surface area contributed by atoms with Gasteiger partial charge in [-0.3, -0.25) is 9.59 Å². The van der Waals surface area contributed by atoms with Crippen LogP contribution in [0.25, 0.3) is 6.08 Å². The van der Waals surface area contributed by atoms with Crippen LogP contribution >= 0.6 is 23.2 Å². The maximum Gasteiger partial charge on any atom is 0.246 e. The predicted molar refractivity (Wildman–Crippen MR) is 129 cm³/mol. The summed E-state index contributed by atoms with van der Waals surface area (Å²) in [6, 6.07) is 5.22. The van der Waals surface area contributed by atoms with Crippen LogP contribution < -0.4 is 0 Å². The minimum atomic E-state index is -0.580. The van der Waals surface area contributed by atoms with Gasteiger partial charge >= 0.3 is 0 Å². The second kappa shape index (κ2) is 11.5. The summed E-state index contributed by atoms with van der Waals surface area (Å²) in [7, 11) is 0. The lowest BCUT2D eigenvalue weighted by Gasteiger charge is -2.36. The molecule has 0 radical (unpaired) electrons. The van der Waals surface area contributed by atoms with E-state index in [1.165, 1.54) is 6.08 Å². The Hall–Kier alpha value is -1.60. The van der Waals surface area contributed by atoms with E-state index >= 15 is 0 Å². The average Bonchev–Trinajstić information content (AvgIpc) is 2.93. The number of hydrogen-bond acceptors (Lipinski definition) is 4. The summed E-state index contributed by atoms with van der Waals surface area (Å²) in [5, 5.41) is 11.1. The molecule has 0 saturated carbocycles. The van der Waals surface area contributed by atoms with Crippen LogP contribution in [0, 0.1) is 0 Å². The Labute approximate surface area is 200 Å². The largest absolute Gasteiger partial charge is 0.389 e. The highest BCUT2D eigenvalue weighted by molar-refractivity contribution is 6.42. The third-order valence-electron chi connectivity index (χ3n) is 6.17. The molecule has 1 atom stereocenters. The Kier molecular flexibility index (Phi) is 9.00. The number of hydrogen-bond donors (Lipinski definition) is 1. The molecule has 32 heavy (non-hydrogen) atoms. The van der Waals surface area contributed by atoms with Gasteiger partial charge in [-0.2, -0.15) is 0 Å². The van der Waals surface area contributed by atoms with E-state index in [1.54, 1.807) is 29.2 Å². The van der Waals surface area contributed by atoms with Crippen LogP contribution in [-0.4, -0.2) is 83.0 Å². The van der Waals surface area contributed by atoms with Crippen LogP contribution in [0.5, 0.6) is 0 Å². The number of piperidine rings is 1. The van der Waals surface area contributed by atoms with Crippen LogP contribution in [0.1, 0.15) is 44.6 Å². The molecule has 0 spiro atoms. The second-order valence-electron chi connectivity index (χ2n) is 9.05. The first-order chi connectivity index (χ1) is 15.2. The summed E-state index contributed by atoms with van der Waals surface area (Å²) in [6.45, 7) is 6.85. The van der Waals surface area contributed by atoms with E-state index in [-0.39, 0.29) is 11.8 Å². The maximum atomic E-state index is 12.6. The smallest absolute Gasteiger partial charge is 0.246 e. The zero-order chi connectivity index (χ0) is 23.1. The van der Waals surface area contributed by atoms with Crippen molar-refractivity contribution in [3.05, 3.63) is 39.9 Å². The minimum Gasteiger partial charge on any atom is -0.389 e. The van der Waals surface area contributed by atoms with E-state index in [1.807, 2.05) is 11.8 Å². The molecule has 0 bridgehead atoms. The van der Waals surface area contributed by atoms with Crippen LogP contribution in [0.4, 0.5) is 0 Å². The van der Waals surface area contributed by atoms with Gasteiger partial charge in [0, 0.05) is 45.2 Å². The van der Waals surface area contributed by atoms with Crippen molar-refractivity contribution in [2.75, 3.05) is 45.8 Å². The molecule has 0 aromatic heterocycles. The van der Waals surface area contributed by atoms with Crippen LogP contribution in [-0.2, 0) is 9.59 Å². The molecule has 2 amide bonds. The van der Waals surface area contributed by atoms with Crippen molar-refractivity contribution in [2.24, 2.45) is 0 Å². The molecule has 176 valence electrons. The average molecular weight is 482 g/mol. The molecule has 3 rings (SSSR count). The molecule has 2 saturated heterocycles. The van der Waals surface area contributed by atoms with Crippen LogP contribution in [0.15, 0.2) is 24.3 Å². The molecule has 1 aromatic carbocycles. The van der Waals surface area contributed by atoms with Crippen molar-refractivity contribution in [3.8, 4) is 0 Å². The Morgan fingerprint density at radius 1 is 1.12 bits per heavy atom. The van der Waals surface area contributed by atoms with E-state index in [0.717, 1.165) is 50.9 Å². The number of halogens is 2. The molecular weight excluding hydrogens is 449 g/mol. The van der Waals surface area contributed by atoms with Crippen molar-refractivity contribution < 1.29 is 14.7 Å². The third kappa shape index (κ3) is 7.48. The van der Waals surface area contributed by atoms with Crippen molar-refractivity contribution in [1.29, 1.82) is 0 Å². The van der Waals surface area contributed by atoms with Gasteiger partial charge in [0.25, 0.3) is 0 Å². The van der Waals surface area contributed by atoms with E-state index < -0.39 is 5.60 Å². The molecule has 1 unspecified atom stereocenters. The number of carbonyl (C=O) groups excluding carboxylic acids is 2. The standard InChI is InChI=1S/C24H33Cl2N3O3/c1-24(32)10-4-12-27(18-24)11-2-3-13-28-15-16-29(14-9-23(28)31)22(30)8-6-19-5-7-20(25)21(26)17-19/h5-8,17,32H,2-4,9-16,18H2,1H3. The third-order valence-corrected chi connectivity index (χ3v) is 6.91. The summed E-state index contributed by atoms with van der Waals surface area (Å²) in [4.78, 5) is 31.0. The van der Waals surface area contributed by atoms with E-state index in [0.29, 0.717) is 42.6 Å². The number of aliphatic hydroxyl groups is 1. The fraction of sp³-hybridized carbons (Fsp3) is 0.583. The summed E-state index contributed by atoms with van der Waals surface area (Å²) in [5.74, 6) is -0.00228. The SMILES string of the molecule is CC1(O)CCCN(CCCCN2CCN(C(=O)C=Cc3ccc(Cl)c(Cl)c3)CCC2=O)C1. The minimum absolute atomic E-state index is 0.106. The summed E-state index contributed by atoms with van der Waals surface area (Å²) in [6.07, 6.45) is 7.40. The fourth-order valence-electron chi connectivity index (χ4n) is 4.36. The van der Waals surface area contributed by atoms with Crippen LogP contribution in [0.2, 0.25) is 10.0 Å². The lowest BCUT2D eigenvalue weighted by Crippen LogP contribution is -2.46. The number of benzene rings is 1. The topological polar surface area (TPSA) is 64.1 Å². The van der Waals surface area contributed by atoms with Gasteiger partial charge in [-0.1, -0.05) is 29.3 Å². The zero-order valence-corrected chi connectivity index (χ0v) is 20.2. The normalized spacial score (nSPS) is 23.1. The lowest BCUT2D eigenvalue weighted by molar-refractivity contribution is -0.130. The molecule has 1 aromatic rings. The number of amides is 2. The van der Waals surface area contributed by atoms with E-state index in [9.17, 15) is 14.7 Å². The number of likely N-dealkylation sites (tertiary alicyclic amines) is 1. The summed E-state index contributed by atoms with van der Waals surface area (Å²) in [5.41, 5.74) is 0.221. The molecule has 0 aliphatic carbocycles. The highest BCUT2D eigenvalue weighted by atomic mass is 35.5. The van der Waals surface area contributed by atoms with Crippen molar-refractivity contribution in [2.45, 2.75) is 44.6 Å². The monoisotopic (exact) mass is 481 g/mol. The Morgan fingerprint density at radius 2 is 1.91 bits per heavy atom. The molecule has 2 aliphatic rings. The first-order valence-corrected chi connectivity index (χ1v) is 12.1. The van der Waals surface area contributed by atoms with Gasteiger partial charge in [0.15, 0.2) is 0 Å². The first kappa shape index (κ1) is 25.0. The van der Waals surface area contributed by atoms with Crippen molar-refractivity contribution in [1.82, 2.24) is 14.7 Å². The molecule has 2 aliphatic heterocycles. The van der Waals surface area contributed by atoms with E-state index in [4.69, 9.17) is 23.2 Å². The van der Waals surface area contributed by atoms with Gasteiger partial charge < -0.3 is 19.8 Å². The Balaban J connectivity index is 1.42. The number of nitrogens with zero attached hydrogens (tertiary/aromatic N) is 3. The van der Waals surface area contributed by atoms with E-state index in [2.05, 4.69) is 4.90 Å². The molecule has 6 nitrogen and oxygen atoms in total.